The van der Waals surface area contributed by atoms with Crippen molar-refractivity contribution in [2.24, 2.45) is 7.05 Å². The molecule has 2 aromatic heterocycles. The Kier molecular flexibility index (Phi) is 5.56. The Morgan fingerprint density at radius 3 is 2.72 bits per heavy atom. The maximum Gasteiger partial charge on any atom is 0.261 e. The van der Waals surface area contributed by atoms with Crippen LogP contribution in [0.25, 0.3) is 34.0 Å². The molecule has 1 N–H and O–H groups in total. The fourth-order valence-electron chi connectivity index (χ4n) is 3.70. The number of aromatic nitrogens is 3. The van der Waals surface area contributed by atoms with Gasteiger partial charge >= 0.3 is 0 Å². The maximum absolute atomic E-state index is 13.1. The highest BCUT2D eigenvalue weighted by atomic mass is 127. The second-order valence-corrected chi connectivity index (χ2v) is 8.32. The van der Waals surface area contributed by atoms with E-state index in [0.29, 0.717) is 29.7 Å². The Morgan fingerprint density at radius 1 is 1.14 bits per heavy atom. The van der Waals surface area contributed by atoms with Crippen molar-refractivity contribution < 1.29 is 5.11 Å². The van der Waals surface area contributed by atoms with E-state index in [4.69, 9.17) is 4.98 Å². The molecule has 4 rings (SSSR count). The van der Waals surface area contributed by atoms with E-state index in [9.17, 15) is 9.90 Å². The normalized spacial score (nSPS) is 11.9. The third-order valence-electron chi connectivity index (χ3n) is 5.33. The van der Waals surface area contributed by atoms with Crippen LogP contribution in [0, 0.1) is 10.5 Å². The summed E-state index contributed by atoms with van der Waals surface area (Å²) >= 11 is 2.20. The maximum atomic E-state index is 13.1. The van der Waals surface area contributed by atoms with Gasteiger partial charge in [-0.3, -0.25) is 9.36 Å². The van der Waals surface area contributed by atoms with Crippen LogP contribution in [-0.4, -0.2) is 25.8 Å². The first-order chi connectivity index (χ1) is 14.0. The standard InChI is InChI=1S/C23H22IN3O2/c1-15-17(18-6-3-4-7-21(18)26(15)2)9-11-22-25-20-10-8-16(24)14-19(20)23(29)27(22)12-5-13-28/h3-4,6-11,14,28H,5,12-13H2,1-2H3/b11-9+. The van der Waals surface area contributed by atoms with E-state index in [1.54, 1.807) is 4.57 Å². The summed E-state index contributed by atoms with van der Waals surface area (Å²) in [5, 5.41) is 11.0. The van der Waals surface area contributed by atoms with E-state index >= 15 is 0 Å². The lowest BCUT2D eigenvalue weighted by molar-refractivity contribution is 0.278. The molecule has 0 amide bonds. The first-order valence-corrected chi connectivity index (χ1v) is 10.6. The van der Waals surface area contributed by atoms with Gasteiger partial charge in [0.25, 0.3) is 5.56 Å². The molecule has 0 radical (unpaired) electrons. The smallest absolute Gasteiger partial charge is 0.261 e. The molecule has 0 spiro atoms. The molecule has 0 bridgehead atoms. The van der Waals surface area contributed by atoms with Crippen molar-refractivity contribution in [1.82, 2.24) is 14.1 Å². The van der Waals surface area contributed by atoms with Crippen LogP contribution in [0.4, 0.5) is 0 Å². The summed E-state index contributed by atoms with van der Waals surface area (Å²) in [4.78, 5) is 17.8. The highest BCUT2D eigenvalue weighted by Crippen LogP contribution is 2.26. The SMILES string of the molecule is Cc1c(/C=C/c2nc3ccc(I)cc3c(=O)n2CCCO)c2ccccc2n1C. The minimum absolute atomic E-state index is 0.0301. The minimum Gasteiger partial charge on any atom is -0.396 e. The molecule has 4 aromatic rings. The zero-order valence-corrected chi connectivity index (χ0v) is 18.6. The molecular formula is C23H22IN3O2. The molecule has 29 heavy (non-hydrogen) atoms. The van der Waals surface area contributed by atoms with Gasteiger partial charge in [0, 0.05) is 45.9 Å². The Hall–Kier alpha value is -2.45. The van der Waals surface area contributed by atoms with Crippen molar-refractivity contribution in [1.29, 1.82) is 0 Å². The van der Waals surface area contributed by atoms with Gasteiger partial charge in [-0.1, -0.05) is 18.2 Å². The molecule has 0 aliphatic carbocycles. The van der Waals surface area contributed by atoms with Gasteiger partial charge < -0.3 is 9.67 Å². The Balaban J connectivity index is 1.89. The van der Waals surface area contributed by atoms with Crippen LogP contribution in [0.2, 0.25) is 0 Å². The van der Waals surface area contributed by atoms with Crippen molar-refractivity contribution in [2.75, 3.05) is 6.61 Å². The van der Waals surface area contributed by atoms with Crippen LogP contribution in [-0.2, 0) is 13.6 Å². The largest absolute Gasteiger partial charge is 0.396 e. The van der Waals surface area contributed by atoms with Crippen LogP contribution in [0.1, 0.15) is 23.5 Å². The van der Waals surface area contributed by atoms with Crippen molar-refractivity contribution in [3.05, 3.63) is 73.5 Å². The molecule has 0 saturated carbocycles. The highest BCUT2D eigenvalue weighted by Gasteiger charge is 2.12. The average molecular weight is 499 g/mol. The molecule has 0 aliphatic rings. The molecule has 148 valence electrons. The lowest BCUT2D eigenvalue weighted by Gasteiger charge is -2.11. The Bertz CT molecular complexity index is 1300. The molecule has 2 heterocycles. The van der Waals surface area contributed by atoms with Crippen molar-refractivity contribution in [3.8, 4) is 0 Å². The number of fused-ring (bicyclic) bond motifs is 2. The van der Waals surface area contributed by atoms with Gasteiger partial charge in [-0.05, 0) is 72.4 Å². The third-order valence-corrected chi connectivity index (χ3v) is 6.00. The molecule has 0 unspecified atom stereocenters. The molecule has 0 aliphatic heterocycles. The topological polar surface area (TPSA) is 60.1 Å². The van der Waals surface area contributed by atoms with E-state index in [0.717, 1.165) is 14.8 Å². The monoisotopic (exact) mass is 499 g/mol. The van der Waals surface area contributed by atoms with Gasteiger partial charge in [0.15, 0.2) is 0 Å². The summed E-state index contributed by atoms with van der Waals surface area (Å²) in [6, 6.07) is 14.0. The highest BCUT2D eigenvalue weighted by molar-refractivity contribution is 14.1. The number of halogens is 1. The van der Waals surface area contributed by atoms with Crippen LogP contribution in [0.5, 0.6) is 0 Å². The summed E-state index contributed by atoms with van der Waals surface area (Å²) in [5.74, 6) is 0.601. The molecule has 0 saturated heterocycles. The summed E-state index contributed by atoms with van der Waals surface area (Å²) in [6.45, 7) is 2.55. The number of aryl methyl sites for hydroxylation is 1. The number of benzene rings is 2. The fraction of sp³-hybridized carbons (Fsp3) is 0.217. The van der Waals surface area contributed by atoms with E-state index < -0.39 is 0 Å². The lowest BCUT2D eigenvalue weighted by atomic mass is 10.1. The summed E-state index contributed by atoms with van der Waals surface area (Å²) in [7, 11) is 2.06. The van der Waals surface area contributed by atoms with Crippen LogP contribution < -0.4 is 5.56 Å². The summed E-state index contributed by atoms with van der Waals surface area (Å²) in [5.41, 5.74) is 4.06. The van der Waals surface area contributed by atoms with Crippen LogP contribution in [0.3, 0.4) is 0 Å². The second-order valence-electron chi connectivity index (χ2n) is 7.07. The van der Waals surface area contributed by atoms with Gasteiger partial charge in [-0.25, -0.2) is 4.98 Å². The van der Waals surface area contributed by atoms with E-state index in [2.05, 4.69) is 53.3 Å². The quantitative estimate of drug-likeness (QED) is 0.416. The van der Waals surface area contributed by atoms with Gasteiger partial charge in [0.1, 0.15) is 5.82 Å². The van der Waals surface area contributed by atoms with Gasteiger partial charge in [-0.2, -0.15) is 0 Å². The zero-order valence-electron chi connectivity index (χ0n) is 16.4. The Morgan fingerprint density at radius 2 is 1.93 bits per heavy atom. The second kappa shape index (κ2) is 8.12. The lowest BCUT2D eigenvalue weighted by Crippen LogP contribution is -2.24. The molecule has 5 nitrogen and oxygen atoms in total. The minimum atomic E-state index is -0.0729. The van der Waals surface area contributed by atoms with Crippen LogP contribution >= 0.6 is 22.6 Å². The summed E-state index contributed by atoms with van der Waals surface area (Å²) in [6.07, 6.45) is 4.45. The number of aliphatic hydroxyl groups excluding tert-OH is 1. The molecule has 0 fully saturated rings. The van der Waals surface area contributed by atoms with E-state index in [-0.39, 0.29) is 12.2 Å². The summed E-state index contributed by atoms with van der Waals surface area (Å²) < 4.78 is 4.83. The van der Waals surface area contributed by atoms with Crippen molar-refractivity contribution in [2.45, 2.75) is 19.9 Å². The average Bonchev–Trinajstić information content (AvgIpc) is 2.97. The number of hydrogen-bond donors (Lipinski definition) is 1. The van der Waals surface area contributed by atoms with Crippen molar-refractivity contribution in [3.63, 3.8) is 0 Å². The molecule has 2 aromatic carbocycles. The van der Waals surface area contributed by atoms with Gasteiger partial charge in [0.05, 0.1) is 10.9 Å². The van der Waals surface area contributed by atoms with E-state index in [1.165, 1.54) is 10.9 Å². The number of para-hydroxylation sites is 1. The van der Waals surface area contributed by atoms with Crippen molar-refractivity contribution >= 4 is 56.5 Å². The first-order valence-electron chi connectivity index (χ1n) is 9.54. The molecule has 6 heteroatoms. The first kappa shape index (κ1) is 19.8. The zero-order chi connectivity index (χ0) is 20.5. The number of nitrogens with zero attached hydrogens (tertiary/aromatic N) is 3. The van der Waals surface area contributed by atoms with E-state index in [1.807, 2.05) is 42.5 Å². The number of aliphatic hydroxyl groups is 1. The van der Waals surface area contributed by atoms with Crippen LogP contribution in [0.15, 0.2) is 47.3 Å². The number of rotatable bonds is 5. The molecule has 0 atom stereocenters. The molecular weight excluding hydrogens is 477 g/mol. The predicted octanol–water partition coefficient (Wildman–Crippen LogP) is 4.35. The predicted molar refractivity (Wildman–Crippen MR) is 127 cm³/mol. The van der Waals surface area contributed by atoms with Gasteiger partial charge in [-0.15, -0.1) is 0 Å². The third kappa shape index (κ3) is 3.62. The Labute approximate surface area is 182 Å². The van der Waals surface area contributed by atoms with Gasteiger partial charge in [0.2, 0.25) is 0 Å². The number of hydrogen-bond acceptors (Lipinski definition) is 3. The fourth-order valence-corrected chi connectivity index (χ4v) is 4.19.